The van der Waals surface area contributed by atoms with Crippen molar-refractivity contribution in [1.82, 2.24) is 9.88 Å². The first kappa shape index (κ1) is 13.0. The van der Waals surface area contributed by atoms with Crippen molar-refractivity contribution >= 4 is 5.91 Å². The van der Waals surface area contributed by atoms with Gasteiger partial charge in [0.1, 0.15) is 11.6 Å². The lowest BCUT2D eigenvalue weighted by Gasteiger charge is -2.17. The van der Waals surface area contributed by atoms with E-state index in [4.69, 9.17) is 5.11 Å². The molecule has 2 rings (SSSR count). The van der Waals surface area contributed by atoms with Crippen LogP contribution in [0.1, 0.15) is 15.9 Å². The predicted molar refractivity (Wildman–Crippen MR) is 68.1 cm³/mol. The van der Waals surface area contributed by atoms with Gasteiger partial charge < -0.3 is 10.0 Å². The third kappa shape index (κ3) is 3.07. The zero-order valence-corrected chi connectivity index (χ0v) is 10.4. The minimum atomic E-state index is -0.733. The van der Waals surface area contributed by atoms with Gasteiger partial charge in [-0.25, -0.2) is 4.39 Å². The molecule has 19 heavy (non-hydrogen) atoms. The number of hydrogen-bond donors (Lipinski definition) is 1. The molecule has 0 radical (unpaired) electrons. The number of rotatable bonds is 3. The van der Waals surface area contributed by atoms with E-state index in [0.717, 1.165) is 11.6 Å². The molecule has 1 amide bonds. The van der Waals surface area contributed by atoms with E-state index in [2.05, 4.69) is 4.98 Å². The predicted octanol–water partition coefficient (Wildman–Crippen LogP) is 2.20. The largest absolute Gasteiger partial charge is 0.508 e. The average Bonchev–Trinajstić information content (AvgIpc) is 2.39. The lowest BCUT2D eigenvalue weighted by atomic mass is 10.1. The van der Waals surface area contributed by atoms with Crippen molar-refractivity contribution < 1.29 is 14.3 Å². The molecule has 98 valence electrons. The maximum Gasteiger partial charge on any atom is 0.256 e. The average molecular weight is 260 g/mol. The monoisotopic (exact) mass is 260 g/mol. The molecule has 1 aromatic carbocycles. The molecule has 0 unspecified atom stereocenters. The van der Waals surface area contributed by atoms with E-state index < -0.39 is 11.7 Å². The molecule has 0 fully saturated rings. The molecule has 1 N–H and O–H groups in total. The second-order valence-electron chi connectivity index (χ2n) is 4.19. The smallest absolute Gasteiger partial charge is 0.256 e. The Morgan fingerprint density at radius 3 is 2.84 bits per heavy atom. The van der Waals surface area contributed by atoms with E-state index in [1.807, 2.05) is 6.07 Å². The topological polar surface area (TPSA) is 53.4 Å². The van der Waals surface area contributed by atoms with Crippen LogP contribution in [0.15, 0.2) is 42.7 Å². The number of aromatic nitrogens is 1. The number of amides is 1. The molecule has 2 aromatic rings. The van der Waals surface area contributed by atoms with Gasteiger partial charge in [0.05, 0.1) is 5.56 Å². The molecular weight excluding hydrogens is 247 g/mol. The number of hydrogen-bond acceptors (Lipinski definition) is 3. The van der Waals surface area contributed by atoms with Crippen LogP contribution in [0.4, 0.5) is 4.39 Å². The number of nitrogens with zero attached hydrogens (tertiary/aromatic N) is 2. The molecule has 0 atom stereocenters. The number of halogens is 1. The van der Waals surface area contributed by atoms with E-state index in [-0.39, 0.29) is 11.3 Å². The number of benzene rings is 1. The van der Waals surface area contributed by atoms with Crippen LogP contribution >= 0.6 is 0 Å². The number of carbonyl (C=O) groups is 1. The number of carbonyl (C=O) groups excluding carboxylic acids is 1. The minimum Gasteiger partial charge on any atom is -0.508 e. The Morgan fingerprint density at radius 1 is 1.42 bits per heavy atom. The van der Waals surface area contributed by atoms with Crippen molar-refractivity contribution in [2.24, 2.45) is 0 Å². The van der Waals surface area contributed by atoms with Gasteiger partial charge in [0.15, 0.2) is 0 Å². The maximum absolute atomic E-state index is 13.6. The Kier molecular flexibility index (Phi) is 3.75. The summed E-state index contributed by atoms with van der Waals surface area (Å²) in [6.07, 6.45) is 3.29. The highest BCUT2D eigenvalue weighted by atomic mass is 19.1. The summed E-state index contributed by atoms with van der Waals surface area (Å²) in [6.45, 7) is 0.340. The van der Waals surface area contributed by atoms with Gasteiger partial charge in [-0.3, -0.25) is 9.78 Å². The van der Waals surface area contributed by atoms with E-state index in [1.165, 1.54) is 17.0 Å². The van der Waals surface area contributed by atoms with Crippen LogP contribution in [0.2, 0.25) is 0 Å². The van der Waals surface area contributed by atoms with Crippen LogP contribution in [-0.2, 0) is 6.54 Å². The Bertz CT molecular complexity index is 587. The number of phenols is 1. The van der Waals surface area contributed by atoms with Crippen LogP contribution in [0.5, 0.6) is 5.75 Å². The molecule has 0 bridgehead atoms. The Balaban J connectivity index is 2.15. The van der Waals surface area contributed by atoms with Crippen molar-refractivity contribution in [3.05, 3.63) is 59.7 Å². The molecule has 0 spiro atoms. The summed E-state index contributed by atoms with van der Waals surface area (Å²) in [5.41, 5.74) is 0.793. The molecule has 0 saturated heterocycles. The van der Waals surface area contributed by atoms with Gasteiger partial charge in [-0.2, -0.15) is 0 Å². The van der Waals surface area contributed by atoms with Crippen LogP contribution < -0.4 is 0 Å². The molecule has 1 aromatic heterocycles. The first-order chi connectivity index (χ1) is 9.08. The highest BCUT2D eigenvalue weighted by Crippen LogP contribution is 2.17. The summed E-state index contributed by atoms with van der Waals surface area (Å²) in [4.78, 5) is 17.4. The van der Waals surface area contributed by atoms with Gasteiger partial charge in [0.2, 0.25) is 0 Å². The third-order valence-corrected chi connectivity index (χ3v) is 2.67. The number of phenolic OH excluding ortho intramolecular Hbond substituents is 1. The summed E-state index contributed by atoms with van der Waals surface area (Å²) < 4.78 is 13.6. The van der Waals surface area contributed by atoms with E-state index in [1.54, 1.807) is 25.5 Å². The molecule has 0 saturated carbocycles. The van der Waals surface area contributed by atoms with Crippen LogP contribution in [-0.4, -0.2) is 27.9 Å². The molecule has 1 heterocycles. The zero-order chi connectivity index (χ0) is 13.8. The molecule has 0 aliphatic carbocycles. The van der Waals surface area contributed by atoms with Crippen LogP contribution in [0, 0.1) is 5.82 Å². The van der Waals surface area contributed by atoms with Gasteiger partial charge in [0, 0.05) is 32.1 Å². The SMILES string of the molecule is CN(Cc1cccnc1)C(=O)c1ccc(O)cc1F. The summed E-state index contributed by atoms with van der Waals surface area (Å²) >= 11 is 0. The maximum atomic E-state index is 13.6. The number of pyridine rings is 1. The number of aromatic hydroxyl groups is 1. The lowest BCUT2D eigenvalue weighted by Crippen LogP contribution is -2.27. The minimum absolute atomic E-state index is 0.0656. The molecule has 0 aliphatic heterocycles. The van der Waals surface area contributed by atoms with Crippen LogP contribution in [0.25, 0.3) is 0 Å². The Morgan fingerprint density at radius 2 is 2.21 bits per heavy atom. The molecular formula is C14H13FN2O2. The van der Waals surface area contributed by atoms with Gasteiger partial charge in [-0.05, 0) is 23.8 Å². The van der Waals surface area contributed by atoms with Crippen molar-refractivity contribution in [3.63, 3.8) is 0 Å². The highest BCUT2D eigenvalue weighted by molar-refractivity contribution is 5.94. The van der Waals surface area contributed by atoms with E-state index >= 15 is 0 Å². The van der Waals surface area contributed by atoms with Gasteiger partial charge in [-0.15, -0.1) is 0 Å². The van der Waals surface area contributed by atoms with Crippen molar-refractivity contribution in [1.29, 1.82) is 0 Å². The molecule has 5 heteroatoms. The summed E-state index contributed by atoms with van der Waals surface area (Å²) in [5.74, 6) is -1.38. The Hall–Kier alpha value is -2.43. The van der Waals surface area contributed by atoms with Crippen LogP contribution in [0.3, 0.4) is 0 Å². The van der Waals surface area contributed by atoms with Gasteiger partial charge in [-0.1, -0.05) is 6.07 Å². The fourth-order valence-electron chi connectivity index (χ4n) is 1.72. The van der Waals surface area contributed by atoms with Gasteiger partial charge >= 0.3 is 0 Å². The second kappa shape index (κ2) is 5.48. The lowest BCUT2D eigenvalue weighted by molar-refractivity contribution is 0.0780. The molecule has 4 nitrogen and oxygen atoms in total. The summed E-state index contributed by atoms with van der Waals surface area (Å²) in [5, 5.41) is 9.12. The first-order valence-corrected chi connectivity index (χ1v) is 5.71. The van der Waals surface area contributed by atoms with Crippen molar-refractivity contribution in [2.75, 3.05) is 7.05 Å². The molecule has 0 aliphatic rings. The van der Waals surface area contributed by atoms with E-state index in [0.29, 0.717) is 6.54 Å². The Labute approximate surface area is 110 Å². The fourth-order valence-corrected chi connectivity index (χ4v) is 1.72. The standard InChI is InChI=1S/C14H13FN2O2/c1-17(9-10-3-2-6-16-8-10)14(19)12-5-4-11(18)7-13(12)15/h2-8,18H,9H2,1H3. The normalized spacial score (nSPS) is 10.2. The van der Waals surface area contributed by atoms with E-state index in [9.17, 15) is 9.18 Å². The quantitative estimate of drug-likeness (QED) is 0.920. The summed E-state index contributed by atoms with van der Waals surface area (Å²) in [6, 6.07) is 7.09. The van der Waals surface area contributed by atoms with Crippen molar-refractivity contribution in [3.8, 4) is 5.75 Å². The third-order valence-electron chi connectivity index (χ3n) is 2.67. The van der Waals surface area contributed by atoms with Gasteiger partial charge in [0.25, 0.3) is 5.91 Å². The zero-order valence-electron chi connectivity index (χ0n) is 10.4. The second-order valence-corrected chi connectivity index (χ2v) is 4.19. The summed E-state index contributed by atoms with van der Waals surface area (Å²) in [7, 11) is 1.58. The highest BCUT2D eigenvalue weighted by Gasteiger charge is 2.16. The van der Waals surface area contributed by atoms with Crippen molar-refractivity contribution in [2.45, 2.75) is 6.54 Å². The first-order valence-electron chi connectivity index (χ1n) is 5.71. The fraction of sp³-hybridized carbons (Fsp3) is 0.143.